The lowest BCUT2D eigenvalue weighted by atomic mass is 11.8. The van der Waals surface area contributed by atoms with Crippen LogP contribution in [0.1, 0.15) is 0 Å². The third-order valence-corrected chi connectivity index (χ3v) is 4.27. The van der Waals surface area contributed by atoms with Gasteiger partial charge < -0.3 is 28.7 Å². The molecule has 2 unspecified atom stereocenters. The van der Waals surface area contributed by atoms with E-state index in [2.05, 4.69) is 13.1 Å². The highest BCUT2D eigenvalue weighted by atomic mass is 31.3. The van der Waals surface area contributed by atoms with Crippen LogP contribution in [0.3, 0.4) is 0 Å². The molecule has 14 heavy (non-hydrogen) atoms. The van der Waals surface area contributed by atoms with Gasteiger partial charge in [0.1, 0.15) is 0 Å². The average molecular weight is 268 g/mol. The van der Waals surface area contributed by atoms with Gasteiger partial charge >= 0.3 is 0 Å². The second kappa shape index (κ2) is 4.51. The van der Waals surface area contributed by atoms with Crippen molar-refractivity contribution in [2.24, 2.45) is 0 Å². The predicted octanol–water partition coefficient (Wildman–Crippen LogP) is -2.57. The van der Waals surface area contributed by atoms with Crippen molar-refractivity contribution in [3.63, 3.8) is 0 Å². The topological polar surface area (TPSA) is 171 Å². The van der Waals surface area contributed by atoms with E-state index in [0.29, 0.717) is 7.11 Å². The van der Waals surface area contributed by atoms with E-state index in [1.54, 1.807) is 0 Å². The maximum atomic E-state index is 10.4. The summed E-state index contributed by atoms with van der Waals surface area (Å²) in [5.74, 6) is 0. The van der Waals surface area contributed by atoms with E-state index in [1.165, 1.54) is 0 Å². The van der Waals surface area contributed by atoms with E-state index in [9.17, 15) is 33.3 Å². The zero-order valence-electron chi connectivity index (χ0n) is 6.42. The van der Waals surface area contributed by atoms with Crippen LogP contribution in [0.2, 0.25) is 0 Å². The Morgan fingerprint density at radius 3 is 1.57 bits per heavy atom. The van der Waals surface area contributed by atoms with E-state index < -0.39 is 23.5 Å². The monoisotopic (exact) mass is 268 g/mol. The first-order valence-electron chi connectivity index (χ1n) is 2.60. The van der Waals surface area contributed by atoms with Crippen LogP contribution in [0.25, 0.3) is 0 Å². The van der Waals surface area contributed by atoms with Gasteiger partial charge in [0.25, 0.3) is 15.6 Å². The molecule has 0 saturated heterocycles. The van der Waals surface area contributed by atoms with Gasteiger partial charge in [0.2, 0.25) is 0 Å². The summed E-state index contributed by atoms with van der Waals surface area (Å²) < 4.78 is 40.0. The molecule has 0 aliphatic heterocycles. The van der Waals surface area contributed by atoms with Gasteiger partial charge in [0.15, 0.2) is 0 Å². The maximum absolute atomic E-state index is 10.4. The van der Waals surface area contributed by atoms with Crippen molar-refractivity contribution in [3.8, 4) is 0 Å². The molecule has 0 aromatic rings. The van der Waals surface area contributed by atoms with Crippen LogP contribution >= 0.6 is 23.5 Å². The summed E-state index contributed by atoms with van der Waals surface area (Å²) in [6.45, 7) is 0. The normalized spacial score (nSPS) is 21.2. The van der Waals surface area contributed by atoms with Crippen LogP contribution in [0.5, 0.6) is 0 Å². The van der Waals surface area contributed by atoms with Gasteiger partial charge in [0.05, 0.1) is 7.82 Å². The zero-order chi connectivity index (χ0) is 11.6. The quantitative estimate of drug-likeness (QED) is 0.482. The van der Waals surface area contributed by atoms with Crippen LogP contribution in [-0.2, 0) is 26.8 Å². The van der Waals surface area contributed by atoms with Crippen LogP contribution in [0.15, 0.2) is 0 Å². The Balaban J connectivity index is 4.60. The second-order valence-electron chi connectivity index (χ2n) is 1.69. The van der Waals surface area contributed by atoms with Gasteiger partial charge in [-0.2, -0.15) is 0 Å². The Bertz CT molecular complexity index is 324. The molecule has 86 valence electrons. The van der Waals surface area contributed by atoms with E-state index >= 15 is 0 Å². The van der Waals surface area contributed by atoms with Gasteiger partial charge in [-0.1, -0.05) is 0 Å². The molecule has 0 spiro atoms. The smallest absolute Gasteiger partial charge is 0.278 e. The summed E-state index contributed by atoms with van der Waals surface area (Å²) in [5, 5.41) is 0. The maximum Gasteiger partial charge on any atom is 0.278 e. The highest BCUT2D eigenvalue weighted by Crippen LogP contribution is 2.60. The molecule has 0 bridgehead atoms. The lowest BCUT2D eigenvalue weighted by molar-refractivity contribution is -0.339. The summed E-state index contributed by atoms with van der Waals surface area (Å²) in [6, 6.07) is 0. The molecule has 10 nitrogen and oxygen atoms in total. The molecule has 0 radical (unpaired) electrons. The first-order chi connectivity index (χ1) is 5.97. The van der Waals surface area contributed by atoms with Gasteiger partial charge in [-0.15, -0.1) is 0 Å². The average Bonchev–Trinajstić information content (AvgIpc) is 1.78. The Labute approximate surface area is 77.9 Å². The van der Waals surface area contributed by atoms with Gasteiger partial charge in [-0.25, -0.2) is 4.31 Å². The van der Waals surface area contributed by atoms with Gasteiger partial charge in [0, 0.05) is 7.11 Å². The molecule has 0 saturated carbocycles. The van der Waals surface area contributed by atoms with Crippen LogP contribution in [-0.4, -0.2) is 7.11 Å². The fourth-order valence-electron chi connectivity index (χ4n) is 0.293. The third kappa shape index (κ3) is 6.80. The van der Waals surface area contributed by atoms with Crippen molar-refractivity contribution in [1.82, 2.24) is 0 Å². The SMILES string of the molecule is COP(=O)([O-])OP(=O)([O-])OP(=O)([O-])[O-]. The number of rotatable bonds is 5. The standard InChI is InChI=1S/CH7O10P3/c1-9-13(5,6)11-14(7,8)10-12(2,3)4/h1H3,(H,5,6)(H,7,8)(H2,2,3,4)/p-4. The van der Waals surface area contributed by atoms with E-state index in [1.807, 2.05) is 0 Å². The minimum atomic E-state index is -5.90. The fraction of sp³-hybridized carbons (Fsp3) is 1.00. The molecular formula is CH3O10P3-4. The third-order valence-electron chi connectivity index (χ3n) is 0.624. The Morgan fingerprint density at radius 1 is 0.857 bits per heavy atom. The zero-order valence-corrected chi connectivity index (χ0v) is 9.11. The summed E-state index contributed by atoms with van der Waals surface area (Å²) in [4.78, 5) is 40.3. The van der Waals surface area contributed by atoms with Crippen molar-refractivity contribution in [2.45, 2.75) is 0 Å². The van der Waals surface area contributed by atoms with Crippen LogP contribution in [0.4, 0.5) is 0 Å². The Hall–Kier alpha value is 0.410. The Kier molecular flexibility index (Phi) is 4.64. The molecule has 0 aromatic carbocycles. The van der Waals surface area contributed by atoms with E-state index in [4.69, 9.17) is 0 Å². The number of phosphoric ester groups is 1. The van der Waals surface area contributed by atoms with Gasteiger partial charge in [-0.3, -0.25) is 13.4 Å². The van der Waals surface area contributed by atoms with E-state index in [0.717, 1.165) is 0 Å². The largest absolute Gasteiger partial charge is 0.790 e. The minimum Gasteiger partial charge on any atom is -0.790 e. The highest BCUT2D eigenvalue weighted by molar-refractivity contribution is 7.64. The molecule has 0 rings (SSSR count). The van der Waals surface area contributed by atoms with Crippen LogP contribution in [0, 0.1) is 0 Å². The molecule has 0 aromatic heterocycles. The van der Waals surface area contributed by atoms with Crippen molar-refractivity contribution >= 4 is 23.5 Å². The van der Waals surface area contributed by atoms with Crippen molar-refractivity contribution in [3.05, 3.63) is 0 Å². The van der Waals surface area contributed by atoms with Crippen molar-refractivity contribution in [2.75, 3.05) is 7.11 Å². The molecule has 0 N–H and O–H groups in total. The number of hydrogen-bond acceptors (Lipinski definition) is 10. The summed E-state index contributed by atoms with van der Waals surface area (Å²) >= 11 is 0. The highest BCUT2D eigenvalue weighted by Gasteiger charge is 2.19. The predicted molar refractivity (Wildman–Crippen MR) is 32.0 cm³/mol. The number of phosphoric acid groups is 3. The lowest BCUT2D eigenvalue weighted by Gasteiger charge is -2.37. The summed E-state index contributed by atoms with van der Waals surface area (Å²) in [7, 11) is -16.4. The fourth-order valence-corrected chi connectivity index (χ4v) is 2.91. The van der Waals surface area contributed by atoms with Crippen molar-refractivity contribution < 1.29 is 46.4 Å². The van der Waals surface area contributed by atoms with Crippen molar-refractivity contribution in [1.29, 1.82) is 0 Å². The molecule has 2 atom stereocenters. The van der Waals surface area contributed by atoms with E-state index in [-0.39, 0.29) is 0 Å². The molecular weight excluding hydrogens is 265 g/mol. The second-order valence-corrected chi connectivity index (χ2v) is 6.04. The lowest BCUT2D eigenvalue weighted by Crippen LogP contribution is -2.20. The molecule has 13 heteroatoms. The molecule has 0 amide bonds. The summed E-state index contributed by atoms with van der Waals surface area (Å²) in [6.07, 6.45) is 0. The van der Waals surface area contributed by atoms with Crippen LogP contribution < -0.4 is 19.6 Å². The first-order valence-corrected chi connectivity index (χ1v) is 6.98. The summed E-state index contributed by atoms with van der Waals surface area (Å²) in [5.41, 5.74) is 0. The molecule has 0 aliphatic carbocycles. The Morgan fingerprint density at radius 2 is 1.29 bits per heavy atom. The molecule has 0 fully saturated rings. The minimum absolute atomic E-state index is 0.557. The molecule has 0 heterocycles. The molecule has 0 aliphatic rings. The number of hydrogen-bond donors (Lipinski definition) is 0. The van der Waals surface area contributed by atoms with Gasteiger partial charge in [-0.05, 0) is 0 Å². The first kappa shape index (κ1) is 14.4.